The highest BCUT2D eigenvalue weighted by atomic mass is 32.2. The molecule has 0 unspecified atom stereocenters. The van der Waals surface area contributed by atoms with Crippen molar-refractivity contribution in [3.63, 3.8) is 0 Å². The van der Waals surface area contributed by atoms with E-state index in [1.165, 1.54) is 59.9 Å². The van der Waals surface area contributed by atoms with Crippen molar-refractivity contribution < 1.29 is 0 Å². The van der Waals surface area contributed by atoms with Crippen LogP contribution in [0.4, 0.5) is 0 Å². The molecule has 8 aromatic rings. The predicted octanol–water partition coefficient (Wildman–Crippen LogP) is 12.6. The summed E-state index contributed by atoms with van der Waals surface area (Å²) in [5, 5.41) is 0. The van der Waals surface area contributed by atoms with Gasteiger partial charge in [0.2, 0.25) is 0 Å². The Hall–Kier alpha value is -6.03. The fourth-order valence-corrected chi connectivity index (χ4v) is 10.2. The molecule has 0 spiro atoms. The fourth-order valence-electron chi connectivity index (χ4n) is 8.82. The zero-order chi connectivity index (χ0) is 35.6. The molecule has 3 heteroatoms. The molecule has 2 nitrogen and oxygen atoms in total. The number of hydrogen-bond donors (Lipinski definition) is 0. The Morgan fingerprint density at radius 3 is 1.62 bits per heavy atom. The first-order valence-corrected chi connectivity index (χ1v) is 19.0. The van der Waals surface area contributed by atoms with Crippen LogP contribution in [0.25, 0.3) is 44.8 Å². The molecule has 10 rings (SSSR count). The van der Waals surface area contributed by atoms with E-state index in [4.69, 9.17) is 9.97 Å². The third kappa shape index (κ3) is 4.88. The SMILES string of the molecule is CC1(C)c2cc(-c3cc(-c4ccccn4)cc(-c4ccccn4)c3)ccc2-c2c1ccc1c2Sc2ccccc2C1(c1ccccc1)c1ccccc1. The lowest BCUT2D eigenvalue weighted by molar-refractivity contribution is 0.655. The summed E-state index contributed by atoms with van der Waals surface area (Å²) in [4.78, 5) is 12.1. The average molecular weight is 697 g/mol. The van der Waals surface area contributed by atoms with Crippen LogP contribution in [0.2, 0.25) is 0 Å². The largest absolute Gasteiger partial charge is 0.256 e. The quantitative estimate of drug-likeness (QED) is 0.179. The first-order valence-electron chi connectivity index (χ1n) is 18.2. The van der Waals surface area contributed by atoms with Crippen LogP contribution < -0.4 is 0 Å². The lowest BCUT2D eigenvalue weighted by Gasteiger charge is -2.42. The van der Waals surface area contributed by atoms with Crippen molar-refractivity contribution in [1.82, 2.24) is 9.97 Å². The van der Waals surface area contributed by atoms with E-state index in [1.807, 2.05) is 48.4 Å². The van der Waals surface area contributed by atoms with Gasteiger partial charge in [0.05, 0.1) is 16.8 Å². The van der Waals surface area contributed by atoms with Gasteiger partial charge in [0.25, 0.3) is 0 Å². The zero-order valence-corrected chi connectivity index (χ0v) is 30.4. The van der Waals surface area contributed by atoms with E-state index in [1.54, 1.807) is 0 Å². The van der Waals surface area contributed by atoms with Gasteiger partial charge < -0.3 is 0 Å². The summed E-state index contributed by atoms with van der Waals surface area (Å²) in [7, 11) is 0. The van der Waals surface area contributed by atoms with E-state index in [2.05, 4.69) is 159 Å². The summed E-state index contributed by atoms with van der Waals surface area (Å²) in [5.74, 6) is 0. The Balaban J connectivity index is 1.19. The molecule has 1 aliphatic heterocycles. The number of nitrogens with zero attached hydrogens (tertiary/aromatic N) is 2. The fraction of sp³-hybridized carbons (Fsp3) is 0.0800. The van der Waals surface area contributed by atoms with Crippen LogP contribution in [0.5, 0.6) is 0 Å². The van der Waals surface area contributed by atoms with Crippen molar-refractivity contribution in [3.05, 3.63) is 216 Å². The molecule has 0 atom stereocenters. The van der Waals surface area contributed by atoms with E-state index in [0.29, 0.717) is 0 Å². The number of hydrogen-bond acceptors (Lipinski definition) is 3. The maximum Gasteiger partial charge on any atom is 0.0723 e. The van der Waals surface area contributed by atoms with Gasteiger partial charge in [0, 0.05) is 44.3 Å². The highest BCUT2D eigenvalue weighted by Gasteiger charge is 2.47. The van der Waals surface area contributed by atoms with Crippen LogP contribution >= 0.6 is 11.8 Å². The van der Waals surface area contributed by atoms with Gasteiger partial charge in [-0.25, -0.2) is 0 Å². The molecule has 0 fully saturated rings. The maximum absolute atomic E-state index is 4.72. The Labute approximate surface area is 315 Å². The van der Waals surface area contributed by atoms with Crippen LogP contribution in [0.15, 0.2) is 192 Å². The molecule has 6 aromatic carbocycles. The monoisotopic (exact) mass is 696 g/mol. The number of rotatable bonds is 5. The predicted molar refractivity (Wildman–Crippen MR) is 218 cm³/mol. The van der Waals surface area contributed by atoms with E-state index in [0.717, 1.165) is 28.1 Å². The Bertz CT molecular complexity index is 2550. The van der Waals surface area contributed by atoms with Gasteiger partial charge in [-0.05, 0) is 105 Å². The van der Waals surface area contributed by atoms with Gasteiger partial charge in [-0.3, -0.25) is 9.97 Å². The topological polar surface area (TPSA) is 25.8 Å². The van der Waals surface area contributed by atoms with Crippen LogP contribution in [0.3, 0.4) is 0 Å². The van der Waals surface area contributed by atoms with Crippen molar-refractivity contribution in [3.8, 4) is 44.8 Å². The Morgan fingerprint density at radius 1 is 0.434 bits per heavy atom. The average Bonchev–Trinajstić information content (AvgIpc) is 3.46. The summed E-state index contributed by atoms with van der Waals surface area (Å²) in [6, 6.07) is 62.1. The van der Waals surface area contributed by atoms with Gasteiger partial charge in [-0.2, -0.15) is 0 Å². The summed E-state index contributed by atoms with van der Waals surface area (Å²) in [5.41, 5.74) is 16.4. The molecule has 0 saturated heterocycles. The van der Waals surface area contributed by atoms with E-state index >= 15 is 0 Å². The summed E-state index contributed by atoms with van der Waals surface area (Å²) in [6.45, 7) is 4.78. The zero-order valence-electron chi connectivity index (χ0n) is 29.6. The Morgan fingerprint density at radius 2 is 1.00 bits per heavy atom. The van der Waals surface area contributed by atoms with Crippen LogP contribution in [-0.4, -0.2) is 9.97 Å². The number of benzene rings is 6. The minimum atomic E-state index is -0.463. The minimum absolute atomic E-state index is 0.197. The molecular formula is C50H36N2S. The van der Waals surface area contributed by atoms with Gasteiger partial charge in [0.15, 0.2) is 0 Å². The molecular weight excluding hydrogens is 661 g/mol. The summed E-state index contributed by atoms with van der Waals surface area (Å²) < 4.78 is 0. The molecule has 1 aliphatic carbocycles. The standard InChI is InChI=1S/C50H36N2S/c1-49(2)41-25-26-42-48(53-46-22-10-9-19-40(46)50(42,37-15-5-3-6-16-37)38-17-7-4-8-18-38)47(41)39-24-23-33(32-43(39)49)34-29-35(44-20-11-13-27-51-44)31-36(30-34)45-21-12-14-28-52-45/h3-32H,1-2H3. The highest BCUT2D eigenvalue weighted by molar-refractivity contribution is 7.99. The first-order chi connectivity index (χ1) is 26.0. The molecule has 0 radical (unpaired) electrons. The van der Waals surface area contributed by atoms with Crippen molar-refractivity contribution in [2.45, 2.75) is 34.5 Å². The summed E-state index contributed by atoms with van der Waals surface area (Å²) >= 11 is 1.93. The molecule has 2 aromatic heterocycles. The van der Waals surface area contributed by atoms with Crippen molar-refractivity contribution >= 4 is 11.8 Å². The normalized spacial score (nSPS) is 14.5. The second kappa shape index (κ2) is 12.3. The van der Waals surface area contributed by atoms with Gasteiger partial charge in [0.1, 0.15) is 0 Å². The molecule has 3 heterocycles. The summed E-state index contributed by atoms with van der Waals surface area (Å²) in [6.07, 6.45) is 3.72. The Kier molecular flexibility index (Phi) is 7.35. The minimum Gasteiger partial charge on any atom is -0.256 e. The number of aromatic nitrogens is 2. The lowest BCUT2D eigenvalue weighted by Crippen LogP contribution is -2.34. The van der Waals surface area contributed by atoms with E-state index in [9.17, 15) is 0 Å². The second-order valence-corrected chi connectivity index (χ2v) is 15.6. The molecule has 0 saturated carbocycles. The highest BCUT2D eigenvalue weighted by Crippen LogP contribution is 2.61. The molecule has 0 N–H and O–H groups in total. The lowest BCUT2D eigenvalue weighted by atomic mass is 9.64. The van der Waals surface area contributed by atoms with Gasteiger partial charge in [-0.1, -0.05) is 141 Å². The van der Waals surface area contributed by atoms with Crippen molar-refractivity contribution in [2.75, 3.05) is 0 Å². The van der Waals surface area contributed by atoms with Gasteiger partial charge in [-0.15, -0.1) is 0 Å². The number of fused-ring (bicyclic) bond motifs is 6. The van der Waals surface area contributed by atoms with Crippen LogP contribution in [-0.2, 0) is 10.8 Å². The van der Waals surface area contributed by atoms with E-state index in [-0.39, 0.29) is 5.41 Å². The van der Waals surface area contributed by atoms with Crippen molar-refractivity contribution in [2.24, 2.45) is 0 Å². The third-order valence-electron chi connectivity index (χ3n) is 11.3. The van der Waals surface area contributed by atoms with Gasteiger partial charge >= 0.3 is 0 Å². The smallest absolute Gasteiger partial charge is 0.0723 e. The molecule has 2 aliphatic rings. The first kappa shape index (κ1) is 31.7. The maximum atomic E-state index is 4.72. The third-order valence-corrected chi connectivity index (χ3v) is 12.5. The van der Waals surface area contributed by atoms with Crippen LogP contribution in [0.1, 0.15) is 47.2 Å². The van der Waals surface area contributed by atoms with E-state index < -0.39 is 5.41 Å². The molecule has 0 bridgehead atoms. The molecule has 252 valence electrons. The molecule has 0 amide bonds. The number of pyridine rings is 2. The van der Waals surface area contributed by atoms with Crippen LogP contribution in [0, 0.1) is 0 Å². The van der Waals surface area contributed by atoms with Crippen molar-refractivity contribution in [1.29, 1.82) is 0 Å². The second-order valence-electron chi connectivity index (χ2n) is 14.6. The molecule has 53 heavy (non-hydrogen) atoms.